The third-order valence-corrected chi connectivity index (χ3v) is 5.70. The monoisotopic (exact) mass is 451 g/mol. The van der Waals surface area contributed by atoms with E-state index in [1.807, 2.05) is 12.1 Å². The lowest BCUT2D eigenvalue weighted by Crippen LogP contribution is -2.46. The third-order valence-electron chi connectivity index (χ3n) is 4.78. The number of ether oxygens (including phenoxy) is 1. The van der Waals surface area contributed by atoms with Gasteiger partial charge in [0.25, 0.3) is 5.91 Å². The van der Waals surface area contributed by atoms with Crippen molar-refractivity contribution < 1.29 is 9.53 Å². The highest BCUT2D eigenvalue weighted by atomic mass is 79.9. The average Bonchev–Trinajstić information content (AvgIpc) is 2.68. The van der Waals surface area contributed by atoms with E-state index in [1.54, 1.807) is 31.4 Å². The van der Waals surface area contributed by atoms with Crippen LogP contribution in [0.2, 0.25) is 5.02 Å². The molecule has 1 aliphatic rings. The number of nitrogens with one attached hydrogen (secondary N) is 1. The number of likely N-dealkylation sites (N-methyl/N-ethyl adjacent to an activating group) is 1. The number of rotatable bonds is 5. The first kappa shape index (κ1) is 20.0. The summed E-state index contributed by atoms with van der Waals surface area (Å²) in [6, 6.07) is 10.9. The number of nitrogens with zero attached hydrogens (tertiary/aromatic N) is 2. The summed E-state index contributed by atoms with van der Waals surface area (Å²) in [6.45, 7) is 7.25. The van der Waals surface area contributed by atoms with Gasteiger partial charge in [0.1, 0.15) is 5.75 Å². The maximum atomic E-state index is 12.5. The topological polar surface area (TPSA) is 44.8 Å². The van der Waals surface area contributed by atoms with Crippen LogP contribution in [0.4, 0.5) is 11.4 Å². The molecule has 1 heterocycles. The SMILES string of the molecule is CCN1CCN(c2ccc(NC(=O)c3ccc(OC)c(Br)c3)cc2Cl)CC1. The van der Waals surface area contributed by atoms with Crippen LogP contribution in [0.15, 0.2) is 40.9 Å². The second kappa shape index (κ2) is 8.95. The Labute approximate surface area is 173 Å². The van der Waals surface area contributed by atoms with E-state index >= 15 is 0 Å². The Kier molecular flexibility index (Phi) is 6.63. The van der Waals surface area contributed by atoms with Crippen molar-refractivity contribution in [1.82, 2.24) is 4.90 Å². The van der Waals surface area contributed by atoms with Gasteiger partial charge in [-0.05, 0) is 58.9 Å². The molecule has 0 bridgehead atoms. The Morgan fingerprint density at radius 3 is 2.52 bits per heavy atom. The molecule has 0 aliphatic carbocycles. The van der Waals surface area contributed by atoms with Crippen molar-refractivity contribution in [2.24, 2.45) is 0 Å². The highest BCUT2D eigenvalue weighted by Crippen LogP contribution is 2.30. The van der Waals surface area contributed by atoms with Crippen molar-refractivity contribution in [2.45, 2.75) is 6.92 Å². The summed E-state index contributed by atoms with van der Waals surface area (Å²) in [5.74, 6) is 0.487. The quantitative estimate of drug-likeness (QED) is 0.725. The molecule has 0 saturated carbocycles. The molecular weight excluding hydrogens is 430 g/mol. The Morgan fingerprint density at radius 1 is 1.19 bits per heavy atom. The molecule has 27 heavy (non-hydrogen) atoms. The zero-order valence-corrected chi connectivity index (χ0v) is 17.8. The average molecular weight is 453 g/mol. The van der Waals surface area contributed by atoms with Gasteiger partial charge in [0.15, 0.2) is 0 Å². The van der Waals surface area contributed by atoms with Crippen LogP contribution in [-0.4, -0.2) is 50.6 Å². The first-order valence-corrected chi connectivity index (χ1v) is 10.1. The van der Waals surface area contributed by atoms with Crippen molar-refractivity contribution in [3.63, 3.8) is 0 Å². The Hall–Kier alpha value is -1.76. The predicted molar refractivity (Wildman–Crippen MR) is 114 cm³/mol. The zero-order chi connectivity index (χ0) is 19.4. The molecule has 3 rings (SSSR count). The molecule has 5 nitrogen and oxygen atoms in total. The van der Waals surface area contributed by atoms with E-state index in [0.29, 0.717) is 22.0 Å². The van der Waals surface area contributed by atoms with Gasteiger partial charge in [-0.25, -0.2) is 0 Å². The summed E-state index contributed by atoms with van der Waals surface area (Å²) in [5, 5.41) is 3.55. The minimum absolute atomic E-state index is 0.196. The van der Waals surface area contributed by atoms with E-state index in [2.05, 4.69) is 38.0 Å². The van der Waals surface area contributed by atoms with Crippen LogP contribution in [0.5, 0.6) is 5.75 Å². The first-order valence-electron chi connectivity index (χ1n) is 8.93. The molecule has 0 unspecified atom stereocenters. The number of carbonyl (C=O) groups is 1. The largest absolute Gasteiger partial charge is 0.496 e. The van der Waals surface area contributed by atoms with Gasteiger partial charge in [0.05, 0.1) is 22.3 Å². The molecular formula is C20H23BrClN3O2. The highest BCUT2D eigenvalue weighted by Gasteiger charge is 2.18. The van der Waals surface area contributed by atoms with Crippen LogP contribution in [-0.2, 0) is 0 Å². The van der Waals surface area contributed by atoms with E-state index in [1.165, 1.54) is 0 Å². The molecule has 1 N–H and O–H groups in total. The Morgan fingerprint density at radius 2 is 1.93 bits per heavy atom. The van der Waals surface area contributed by atoms with Crippen molar-refractivity contribution in [3.05, 3.63) is 51.5 Å². The van der Waals surface area contributed by atoms with Gasteiger partial charge in [-0.2, -0.15) is 0 Å². The fraction of sp³-hybridized carbons (Fsp3) is 0.350. The third kappa shape index (κ3) is 4.75. The van der Waals surface area contributed by atoms with Crippen molar-refractivity contribution in [3.8, 4) is 5.75 Å². The van der Waals surface area contributed by atoms with Crippen LogP contribution in [0.1, 0.15) is 17.3 Å². The molecule has 1 aliphatic heterocycles. The van der Waals surface area contributed by atoms with Crippen LogP contribution in [0.3, 0.4) is 0 Å². The van der Waals surface area contributed by atoms with Crippen molar-refractivity contribution >= 4 is 44.8 Å². The Bertz CT molecular complexity index is 823. The molecule has 1 amide bonds. The fourth-order valence-corrected chi connectivity index (χ4v) is 4.00. The van der Waals surface area contributed by atoms with Gasteiger partial charge in [0, 0.05) is 37.4 Å². The standard InChI is InChI=1S/C20H23BrClN3O2/c1-3-24-8-10-25(11-9-24)18-6-5-15(13-17(18)22)23-20(26)14-4-7-19(27-2)16(21)12-14/h4-7,12-13H,3,8-11H2,1-2H3,(H,23,26). The smallest absolute Gasteiger partial charge is 0.255 e. The van der Waals surface area contributed by atoms with Gasteiger partial charge >= 0.3 is 0 Å². The molecule has 0 radical (unpaired) electrons. The number of amides is 1. The van der Waals surface area contributed by atoms with Crippen LogP contribution in [0, 0.1) is 0 Å². The van der Waals surface area contributed by atoms with E-state index in [0.717, 1.165) is 42.9 Å². The molecule has 144 valence electrons. The number of carbonyl (C=O) groups excluding carboxylic acids is 1. The predicted octanol–water partition coefficient (Wildman–Crippen LogP) is 4.51. The van der Waals surface area contributed by atoms with Gasteiger partial charge in [-0.15, -0.1) is 0 Å². The first-order chi connectivity index (χ1) is 13.0. The molecule has 0 spiro atoms. The molecule has 0 aromatic heterocycles. The maximum Gasteiger partial charge on any atom is 0.255 e. The normalized spacial score (nSPS) is 14.9. The molecule has 2 aromatic carbocycles. The minimum atomic E-state index is -0.196. The van der Waals surface area contributed by atoms with E-state index in [-0.39, 0.29) is 5.91 Å². The van der Waals surface area contributed by atoms with Crippen molar-refractivity contribution in [1.29, 1.82) is 0 Å². The number of hydrogen-bond donors (Lipinski definition) is 1. The lowest BCUT2D eigenvalue weighted by Gasteiger charge is -2.36. The van der Waals surface area contributed by atoms with Gasteiger partial charge < -0.3 is 19.9 Å². The lowest BCUT2D eigenvalue weighted by molar-refractivity contribution is 0.102. The molecule has 0 atom stereocenters. The summed E-state index contributed by atoms with van der Waals surface area (Å²) < 4.78 is 5.93. The van der Waals surface area contributed by atoms with Crippen molar-refractivity contribution in [2.75, 3.05) is 50.1 Å². The second-order valence-corrected chi connectivity index (χ2v) is 7.65. The second-order valence-electron chi connectivity index (χ2n) is 6.39. The Balaban J connectivity index is 1.68. The molecule has 1 saturated heterocycles. The number of hydrogen-bond acceptors (Lipinski definition) is 4. The molecule has 7 heteroatoms. The van der Waals surface area contributed by atoms with E-state index < -0.39 is 0 Å². The van der Waals surface area contributed by atoms with Gasteiger partial charge in [-0.3, -0.25) is 4.79 Å². The number of benzene rings is 2. The van der Waals surface area contributed by atoms with Crippen LogP contribution < -0.4 is 15.0 Å². The van der Waals surface area contributed by atoms with Gasteiger partial charge in [0.2, 0.25) is 0 Å². The zero-order valence-electron chi connectivity index (χ0n) is 15.5. The van der Waals surface area contributed by atoms with Gasteiger partial charge in [-0.1, -0.05) is 18.5 Å². The summed E-state index contributed by atoms with van der Waals surface area (Å²) >= 11 is 9.90. The highest BCUT2D eigenvalue weighted by molar-refractivity contribution is 9.10. The van der Waals surface area contributed by atoms with Crippen LogP contribution in [0.25, 0.3) is 0 Å². The molecule has 2 aromatic rings. The minimum Gasteiger partial charge on any atom is -0.496 e. The summed E-state index contributed by atoms with van der Waals surface area (Å²) in [7, 11) is 1.59. The summed E-state index contributed by atoms with van der Waals surface area (Å²) in [6.07, 6.45) is 0. The number of methoxy groups -OCH3 is 1. The van der Waals surface area contributed by atoms with E-state index in [4.69, 9.17) is 16.3 Å². The summed E-state index contributed by atoms with van der Waals surface area (Å²) in [5.41, 5.74) is 2.23. The summed E-state index contributed by atoms with van der Waals surface area (Å²) in [4.78, 5) is 17.2. The number of halogens is 2. The fourth-order valence-electron chi connectivity index (χ4n) is 3.16. The number of anilines is 2. The number of piperazine rings is 1. The lowest BCUT2D eigenvalue weighted by atomic mass is 10.2. The van der Waals surface area contributed by atoms with Crippen LogP contribution >= 0.6 is 27.5 Å². The maximum absolute atomic E-state index is 12.5. The molecule has 1 fully saturated rings. The van der Waals surface area contributed by atoms with E-state index in [9.17, 15) is 4.79 Å².